The Kier molecular flexibility index (Phi) is 3.94. The van der Waals surface area contributed by atoms with Crippen molar-refractivity contribution in [2.75, 3.05) is 11.5 Å². The maximum Gasteiger partial charge on any atom is 0.330 e. The van der Waals surface area contributed by atoms with E-state index in [-0.39, 0.29) is 6.03 Å². The molecular formula is C16H18N2O2. The first-order valence-corrected chi connectivity index (χ1v) is 6.43. The monoisotopic (exact) mass is 270 g/mol. The Morgan fingerprint density at radius 2 is 2.00 bits per heavy atom. The summed E-state index contributed by atoms with van der Waals surface area (Å²) in [4.78, 5) is 13.6. The second-order valence-corrected chi connectivity index (χ2v) is 4.51. The summed E-state index contributed by atoms with van der Waals surface area (Å²) in [5.74, 6) is 0.495. The van der Waals surface area contributed by atoms with Crippen LogP contribution >= 0.6 is 0 Å². The number of benzene rings is 1. The summed E-state index contributed by atoms with van der Waals surface area (Å²) in [6.45, 7) is 12.1. The quantitative estimate of drug-likeness (QED) is 0.851. The molecule has 104 valence electrons. The molecule has 0 saturated heterocycles. The van der Waals surface area contributed by atoms with Crippen molar-refractivity contribution in [1.29, 1.82) is 0 Å². The lowest BCUT2D eigenvalue weighted by atomic mass is 10.1. The minimum Gasteiger partial charge on any atom is -0.494 e. The molecule has 0 saturated carbocycles. The van der Waals surface area contributed by atoms with Gasteiger partial charge in [-0.15, -0.1) is 0 Å². The zero-order valence-corrected chi connectivity index (χ0v) is 11.8. The molecule has 0 bridgehead atoms. The van der Waals surface area contributed by atoms with Gasteiger partial charge in [-0.1, -0.05) is 30.9 Å². The van der Waals surface area contributed by atoms with Crippen LogP contribution in [0.3, 0.4) is 0 Å². The predicted octanol–water partition coefficient (Wildman–Crippen LogP) is 3.47. The summed E-state index contributed by atoms with van der Waals surface area (Å²) in [7, 11) is 0. The molecule has 1 aromatic rings. The van der Waals surface area contributed by atoms with E-state index in [1.54, 1.807) is 6.20 Å². The molecule has 0 aliphatic carbocycles. The smallest absolute Gasteiger partial charge is 0.330 e. The molecular weight excluding hydrogens is 252 g/mol. The van der Waals surface area contributed by atoms with Gasteiger partial charge in [-0.05, 0) is 26.0 Å². The molecule has 1 heterocycles. The summed E-state index contributed by atoms with van der Waals surface area (Å²) in [5.41, 5.74) is 3.10. The minimum atomic E-state index is -0.244. The summed E-state index contributed by atoms with van der Waals surface area (Å²) in [6.07, 6.45) is 1.70. The molecule has 1 N–H and O–H groups in total. The number of nitrogens with zero attached hydrogens (tertiary/aromatic N) is 1. The third-order valence-corrected chi connectivity index (χ3v) is 2.99. The summed E-state index contributed by atoms with van der Waals surface area (Å²) in [6, 6.07) is 7.45. The Morgan fingerprint density at radius 3 is 2.60 bits per heavy atom. The highest BCUT2D eigenvalue weighted by Crippen LogP contribution is 2.25. The zero-order chi connectivity index (χ0) is 14.7. The Labute approximate surface area is 119 Å². The fourth-order valence-corrected chi connectivity index (χ4v) is 1.91. The Balaban J connectivity index is 2.36. The van der Waals surface area contributed by atoms with E-state index >= 15 is 0 Å². The molecule has 20 heavy (non-hydrogen) atoms. The van der Waals surface area contributed by atoms with Gasteiger partial charge in [0, 0.05) is 11.9 Å². The normalized spacial score (nSPS) is 14.7. The van der Waals surface area contributed by atoms with E-state index in [4.69, 9.17) is 4.74 Å². The van der Waals surface area contributed by atoms with Gasteiger partial charge in [-0.2, -0.15) is 0 Å². The molecule has 0 radical (unpaired) electrons. The second-order valence-electron chi connectivity index (χ2n) is 4.51. The largest absolute Gasteiger partial charge is 0.494 e. The van der Waals surface area contributed by atoms with Gasteiger partial charge in [0.25, 0.3) is 0 Å². The number of carbonyl (C=O) groups is 1. The summed E-state index contributed by atoms with van der Waals surface area (Å²) >= 11 is 0. The molecule has 0 unspecified atom stereocenters. The molecule has 4 heteroatoms. The van der Waals surface area contributed by atoms with Gasteiger partial charge in [0.1, 0.15) is 5.76 Å². The van der Waals surface area contributed by atoms with Crippen molar-refractivity contribution in [3.05, 3.63) is 66.2 Å². The van der Waals surface area contributed by atoms with Crippen molar-refractivity contribution < 1.29 is 9.53 Å². The molecule has 1 aliphatic heterocycles. The van der Waals surface area contributed by atoms with Crippen LogP contribution in [-0.4, -0.2) is 12.6 Å². The number of anilines is 1. The van der Waals surface area contributed by atoms with E-state index in [2.05, 4.69) is 18.5 Å². The first kappa shape index (κ1) is 13.9. The minimum absolute atomic E-state index is 0.244. The summed E-state index contributed by atoms with van der Waals surface area (Å²) in [5, 5.41) is 2.72. The Bertz CT molecular complexity index is 585. The van der Waals surface area contributed by atoms with Gasteiger partial charge in [0.15, 0.2) is 0 Å². The number of ether oxygens (including phenoxy) is 1. The summed E-state index contributed by atoms with van der Waals surface area (Å²) < 4.78 is 5.39. The topological polar surface area (TPSA) is 41.6 Å². The first-order valence-electron chi connectivity index (χ1n) is 6.43. The highest BCUT2D eigenvalue weighted by atomic mass is 16.5. The number of hydrogen-bond acceptors (Lipinski definition) is 2. The van der Waals surface area contributed by atoms with Gasteiger partial charge < -0.3 is 10.1 Å². The van der Waals surface area contributed by atoms with Crippen molar-refractivity contribution in [2.24, 2.45) is 0 Å². The van der Waals surface area contributed by atoms with E-state index in [1.807, 2.05) is 38.1 Å². The first-order chi connectivity index (χ1) is 9.52. The molecule has 1 aliphatic rings. The van der Waals surface area contributed by atoms with Gasteiger partial charge in [0.05, 0.1) is 17.9 Å². The molecule has 0 aromatic heterocycles. The zero-order valence-electron chi connectivity index (χ0n) is 11.8. The van der Waals surface area contributed by atoms with Crippen molar-refractivity contribution in [1.82, 2.24) is 5.32 Å². The van der Waals surface area contributed by atoms with Gasteiger partial charge in [-0.3, -0.25) is 4.90 Å². The second kappa shape index (κ2) is 5.65. The number of urea groups is 1. The molecule has 0 fully saturated rings. The van der Waals surface area contributed by atoms with Crippen LogP contribution in [0.25, 0.3) is 0 Å². The highest BCUT2D eigenvalue weighted by molar-refractivity contribution is 5.97. The van der Waals surface area contributed by atoms with Crippen molar-refractivity contribution in [3.63, 3.8) is 0 Å². The fraction of sp³-hybridized carbons (Fsp3) is 0.188. The van der Waals surface area contributed by atoms with Crippen LogP contribution in [0, 0.1) is 6.92 Å². The third-order valence-electron chi connectivity index (χ3n) is 2.99. The molecule has 2 rings (SSSR count). The maximum atomic E-state index is 12.1. The standard InChI is InChI=1S/C16H18N2O2/c1-5-20-13(4)15-10-18(16(19)17-12(15)3)14-8-6-11(2)7-9-14/h6-10H,3-5H2,1-2H3,(H,17,19). The van der Waals surface area contributed by atoms with Crippen LogP contribution in [-0.2, 0) is 4.74 Å². The Hall–Kier alpha value is -2.49. The van der Waals surface area contributed by atoms with Crippen molar-refractivity contribution >= 4 is 11.7 Å². The van der Waals surface area contributed by atoms with Crippen LogP contribution in [0.5, 0.6) is 0 Å². The molecule has 0 atom stereocenters. The average molecular weight is 270 g/mol. The molecule has 4 nitrogen and oxygen atoms in total. The number of carbonyl (C=O) groups excluding carboxylic acids is 1. The van der Waals surface area contributed by atoms with Crippen LogP contribution in [0.2, 0.25) is 0 Å². The lowest BCUT2D eigenvalue weighted by Gasteiger charge is -2.28. The highest BCUT2D eigenvalue weighted by Gasteiger charge is 2.24. The average Bonchev–Trinajstić information content (AvgIpc) is 2.40. The fourth-order valence-electron chi connectivity index (χ4n) is 1.91. The number of rotatable bonds is 4. The van der Waals surface area contributed by atoms with E-state index in [0.29, 0.717) is 23.6 Å². The van der Waals surface area contributed by atoms with Gasteiger partial charge >= 0.3 is 6.03 Å². The lowest BCUT2D eigenvalue weighted by molar-refractivity contribution is 0.237. The Morgan fingerprint density at radius 1 is 1.35 bits per heavy atom. The molecule has 0 spiro atoms. The van der Waals surface area contributed by atoms with Crippen LogP contribution in [0.1, 0.15) is 12.5 Å². The third kappa shape index (κ3) is 2.74. The molecule has 1 aromatic carbocycles. The number of nitrogens with one attached hydrogen (secondary N) is 1. The van der Waals surface area contributed by atoms with E-state index in [1.165, 1.54) is 4.90 Å². The maximum absolute atomic E-state index is 12.1. The predicted molar refractivity (Wildman–Crippen MR) is 80.2 cm³/mol. The van der Waals surface area contributed by atoms with E-state index in [9.17, 15) is 4.79 Å². The van der Waals surface area contributed by atoms with Gasteiger partial charge in [0.2, 0.25) is 0 Å². The van der Waals surface area contributed by atoms with E-state index in [0.717, 1.165) is 11.3 Å². The van der Waals surface area contributed by atoms with Crippen LogP contribution in [0.15, 0.2) is 60.7 Å². The van der Waals surface area contributed by atoms with Crippen LogP contribution < -0.4 is 10.2 Å². The number of hydrogen-bond donors (Lipinski definition) is 1. The number of aryl methyl sites for hydroxylation is 1. The van der Waals surface area contributed by atoms with Crippen LogP contribution in [0.4, 0.5) is 10.5 Å². The van der Waals surface area contributed by atoms with E-state index < -0.39 is 0 Å². The SMILES string of the molecule is C=C1NC(=O)N(c2ccc(C)cc2)C=C1C(=C)OCC. The lowest BCUT2D eigenvalue weighted by Crippen LogP contribution is -2.40. The van der Waals surface area contributed by atoms with Crippen molar-refractivity contribution in [3.8, 4) is 0 Å². The van der Waals surface area contributed by atoms with Crippen molar-refractivity contribution in [2.45, 2.75) is 13.8 Å². The number of amides is 2. The molecule has 2 amide bonds. The van der Waals surface area contributed by atoms with Gasteiger partial charge in [-0.25, -0.2) is 4.79 Å².